The van der Waals surface area contributed by atoms with Gasteiger partial charge in [-0.2, -0.15) is 0 Å². The van der Waals surface area contributed by atoms with Gasteiger partial charge in [0, 0.05) is 17.5 Å². The minimum absolute atomic E-state index is 0.786. The summed E-state index contributed by atoms with van der Waals surface area (Å²) < 4.78 is 6.49. The summed E-state index contributed by atoms with van der Waals surface area (Å²) in [6, 6.07) is 25.9. The fourth-order valence-electron chi connectivity index (χ4n) is 4.01. The second-order valence-corrected chi connectivity index (χ2v) is 7.75. The topological polar surface area (TPSA) is 13.1 Å². The number of hydrogen-bond donors (Lipinski definition) is 0. The largest absolute Gasteiger partial charge is 0.460 e. The molecule has 0 radical (unpaired) electrons. The van der Waals surface area contributed by atoms with E-state index in [9.17, 15) is 0 Å². The van der Waals surface area contributed by atoms with Gasteiger partial charge in [-0.05, 0) is 56.0 Å². The summed E-state index contributed by atoms with van der Waals surface area (Å²) in [5.41, 5.74) is 9.92. The molecule has 28 heavy (non-hydrogen) atoms. The third-order valence-electron chi connectivity index (χ3n) is 5.30. The number of furan rings is 1. The standard InChI is InChI=1S/C27H26O/c1-18-10-12-22(13-11-18)16-25-24(23-8-6-5-7-9-23)17-26(28-25)27-20(3)14-19(2)15-21(27)4/h5-15,17H,16H2,1-4H3. The summed E-state index contributed by atoms with van der Waals surface area (Å²) in [6.07, 6.45) is 0.786. The molecule has 0 aliphatic rings. The fourth-order valence-corrected chi connectivity index (χ4v) is 4.01. The van der Waals surface area contributed by atoms with Crippen LogP contribution in [0.3, 0.4) is 0 Å². The van der Waals surface area contributed by atoms with Crippen molar-refractivity contribution in [3.05, 3.63) is 106 Å². The van der Waals surface area contributed by atoms with Crippen molar-refractivity contribution >= 4 is 0 Å². The lowest BCUT2D eigenvalue weighted by atomic mass is 9.96. The molecule has 1 aromatic heterocycles. The van der Waals surface area contributed by atoms with E-state index >= 15 is 0 Å². The summed E-state index contributed by atoms with van der Waals surface area (Å²) in [5.74, 6) is 1.97. The molecule has 0 aliphatic carbocycles. The van der Waals surface area contributed by atoms with E-state index in [0.717, 1.165) is 17.9 Å². The molecule has 0 aliphatic heterocycles. The van der Waals surface area contributed by atoms with E-state index in [4.69, 9.17) is 4.42 Å². The van der Waals surface area contributed by atoms with Gasteiger partial charge in [0.2, 0.25) is 0 Å². The lowest BCUT2D eigenvalue weighted by Gasteiger charge is -2.08. The Bertz CT molecular complexity index is 1080. The zero-order valence-electron chi connectivity index (χ0n) is 17.0. The third-order valence-corrected chi connectivity index (χ3v) is 5.30. The van der Waals surface area contributed by atoms with E-state index in [-0.39, 0.29) is 0 Å². The van der Waals surface area contributed by atoms with E-state index in [1.807, 2.05) is 0 Å². The number of rotatable bonds is 4. The van der Waals surface area contributed by atoms with Gasteiger partial charge in [-0.15, -0.1) is 0 Å². The van der Waals surface area contributed by atoms with Gasteiger partial charge in [0.1, 0.15) is 11.5 Å². The molecule has 0 bridgehead atoms. The summed E-state index contributed by atoms with van der Waals surface area (Å²) in [5, 5.41) is 0. The molecule has 0 N–H and O–H groups in total. The minimum atomic E-state index is 0.786. The predicted molar refractivity (Wildman–Crippen MR) is 118 cm³/mol. The molecule has 4 aromatic rings. The molecule has 0 unspecified atom stereocenters. The molecule has 0 fully saturated rings. The van der Waals surface area contributed by atoms with E-state index in [0.29, 0.717) is 0 Å². The average Bonchev–Trinajstić information content (AvgIpc) is 3.07. The van der Waals surface area contributed by atoms with Crippen molar-refractivity contribution in [3.8, 4) is 22.5 Å². The van der Waals surface area contributed by atoms with Crippen LogP contribution in [0.5, 0.6) is 0 Å². The molecular formula is C27H26O. The Hall–Kier alpha value is -3.06. The molecule has 1 nitrogen and oxygen atoms in total. The first kappa shape index (κ1) is 18.3. The Labute approximate surface area is 167 Å². The van der Waals surface area contributed by atoms with Gasteiger partial charge in [-0.25, -0.2) is 0 Å². The van der Waals surface area contributed by atoms with Gasteiger partial charge in [0.25, 0.3) is 0 Å². The van der Waals surface area contributed by atoms with Crippen LogP contribution in [-0.4, -0.2) is 0 Å². The quantitative estimate of drug-likeness (QED) is 0.366. The molecule has 0 atom stereocenters. The van der Waals surface area contributed by atoms with Gasteiger partial charge >= 0.3 is 0 Å². The van der Waals surface area contributed by atoms with Crippen molar-refractivity contribution in [2.75, 3.05) is 0 Å². The van der Waals surface area contributed by atoms with Crippen LogP contribution in [-0.2, 0) is 6.42 Å². The normalized spacial score (nSPS) is 11.0. The van der Waals surface area contributed by atoms with Crippen molar-refractivity contribution < 1.29 is 4.42 Å². The van der Waals surface area contributed by atoms with Crippen molar-refractivity contribution in [2.45, 2.75) is 34.1 Å². The highest BCUT2D eigenvalue weighted by atomic mass is 16.3. The minimum Gasteiger partial charge on any atom is -0.460 e. The van der Waals surface area contributed by atoms with Crippen LogP contribution < -0.4 is 0 Å². The van der Waals surface area contributed by atoms with Crippen LogP contribution in [0.25, 0.3) is 22.5 Å². The van der Waals surface area contributed by atoms with Gasteiger partial charge in [-0.3, -0.25) is 0 Å². The lowest BCUT2D eigenvalue weighted by Crippen LogP contribution is -1.89. The van der Waals surface area contributed by atoms with E-state index in [2.05, 4.69) is 100 Å². The lowest BCUT2D eigenvalue weighted by molar-refractivity contribution is 0.535. The van der Waals surface area contributed by atoms with Gasteiger partial charge in [0.15, 0.2) is 0 Å². The monoisotopic (exact) mass is 366 g/mol. The maximum atomic E-state index is 6.49. The van der Waals surface area contributed by atoms with Crippen LogP contribution in [0.1, 0.15) is 33.6 Å². The van der Waals surface area contributed by atoms with Gasteiger partial charge in [0.05, 0.1) is 0 Å². The second-order valence-electron chi connectivity index (χ2n) is 7.75. The van der Waals surface area contributed by atoms with E-state index < -0.39 is 0 Å². The van der Waals surface area contributed by atoms with Crippen molar-refractivity contribution in [1.82, 2.24) is 0 Å². The van der Waals surface area contributed by atoms with Crippen molar-refractivity contribution in [3.63, 3.8) is 0 Å². The van der Waals surface area contributed by atoms with Crippen LogP contribution in [0.4, 0.5) is 0 Å². The number of hydrogen-bond acceptors (Lipinski definition) is 1. The maximum Gasteiger partial charge on any atom is 0.135 e. The van der Waals surface area contributed by atoms with Crippen molar-refractivity contribution in [2.24, 2.45) is 0 Å². The first-order valence-electron chi connectivity index (χ1n) is 9.83. The predicted octanol–water partition coefficient (Wildman–Crippen LogP) is 7.44. The Morgan fingerprint density at radius 1 is 0.679 bits per heavy atom. The molecule has 0 saturated carbocycles. The number of aryl methyl sites for hydroxylation is 4. The highest BCUT2D eigenvalue weighted by molar-refractivity contribution is 5.75. The van der Waals surface area contributed by atoms with Gasteiger partial charge < -0.3 is 4.42 Å². The third kappa shape index (κ3) is 3.66. The molecule has 0 spiro atoms. The Balaban J connectivity index is 1.84. The van der Waals surface area contributed by atoms with Crippen LogP contribution in [0.2, 0.25) is 0 Å². The zero-order chi connectivity index (χ0) is 19.7. The smallest absolute Gasteiger partial charge is 0.135 e. The van der Waals surface area contributed by atoms with Crippen LogP contribution in [0, 0.1) is 27.7 Å². The molecule has 0 amide bonds. The van der Waals surface area contributed by atoms with Crippen LogP contribution >= 0.6 is 0 Å². The number of benzene rings is 3. The summed E-state index contributed by atoms with van der Waals surface area (Å²) in [7, 11) is 0. The highest BCUT2D eigenvalue weighted by Crippen LogP contribution is 2.37. The van der Waals surface area contributed by atoms with Crippen LogP contribution in [0.15, 0.2) is 77.2 Å². The van der Waals surface area contributed by atoms with Crippen molar-refractivity contribution in [1.29, 1.82) is 0 Å². The first-order chi connectivity index (χ1) is 13.5. The average molecular weight is 367 g/mol. The molecule has 1 heterocycles. The molecule has 4 rings (SSSR count). The van der Waals surface area contributed by atoms with E-state index in [1.54, 1.807) is 0 Å². The SMILES string of the molecule is Cc1ccc(Cc2oc(-c3c(C)cc(C)cc3C)cc2-c2ccccc2)cc1. The second kappa shape index (κ2) is 7.52. The molecule has 0 saturated heterocycles. The summed E-state index contributed by atoms with van der Waals surface area (Å²) >= 11 is 0. The Morgan fingerprint density at radius 2 is 1.32 bits per heavy atom. The molecule has 140 valence electrons. The fraction of sp³-hybridized carbons (Fsp3) is 0.185. The Morgan fingerprint density at radius 3 is 1.96 bits per heavy atom. The molecule has 3 aromatic carbocycles. The summed E-state index contributed by atoms with van der Waals surface area (Å²) in [6.45, 7) is 8.59. The molecular weight excluding hydrogens is 340 g/mol. The molecule has 1 heteroatoms. The van der Waals surface area contributed by atoms with E-state index in [1.165, 1.54) is 44.5 Å². The zero-order valence-corrected chi connectivity index (χ0v) is 17.0. The van der Waals surface area contributed by atoms with Gasteiger partial charge in [-0.1, -0.05) is 77.9 Å². The first-order valence-corrected chi connectivity index (χ1v) is 9.83. The summed E-state index contributed by atoms with van der Waals surface area (Å²) in [4.78, 5) is 0. The Kier molecular flexibility index (Phi) is 4.92. The maximum absolute atomic E-state index is 6.49. The highest BCUT2D eigenvalue weighted by Gasteiger charge is 2.17.